The molecule has 0 unspecified atom stereocenters. The summed E-state index contributed by atoms with van der Waals surface area (Å²) in [6, 6.07) is 11.2. The normalized spacial score (nSPS) is 10.5. The van der Waals surface area contributed by atoms with Crippen LogP contribution >= 0.6 is 11.3 Å². The van der Waals surface area contributed by atoms with Crippen molar-refractivity contribution in [3.8, 4) is 0 Å². The van der Waals surface area contributed by atoms with Crippen molar-refractivity contribution in [1.82, 2.24) is 4.90 Å². The fourth-order valence-corrected chi connectivity index (χ4v) is 2.69. The molecule has 0 radical (unpaired) electrons. The molecule has 0 aliphatic heterocycles. The molecule has 1 aromatic carbocycles. The first-order valence-corrected chi connectivity index (χ1v) is 8.04. The van der Waals surface area contributed by atoms with E-state index in [1.807, 2.05) is 55.6 Å². The number of benzene rings is 1. The largest absolute Gasteiger partial charge is 0.337 e. The molecule has 0 saturated heterocycles. The molecule has 0 fully saturated rings. The van der Waals surface area contributed by atoms with E-state index in [1.165, 1.54) is 11.3 Å². The third kappa shape index (κ3) is 3.95. The van der Waals surface area contributed by atoms with Gasteiger partial charge in [0.2, 0.25) is 5.91 Å². The zero-order chi connectivity index (χ0) is 16.1. The highest BCUT2D eigenvalue weighted by Gasteiger charge is 2.15. The lowest BCUT2D eigenvalue weighted by molar-refractivity contribution is -0.118. The predicted molar refractivity (Wildman–Crippen MR) is 90.0 cm³/mol. The van der Waals surface area contributed by atoms with Crippen molar-refractivity contribution in [3.63, 3.8) is 0 Å². The molecule has 116 valence electrons. The Balaban J connectivity index is 2.12. The van der Waals surface area contributed by atoms with E-state index in [2.05, 4.69) is 5.32 Å². The van der Waals surface area contributed by atoms with Gasteiger partial charge in [-0.2, -0.15) is 0 Å². The molecule has 1 N–H and O–H groups in total. The molecule has 0 bridgehead atoms. The van der Waals surface area contributed by atoms with Crippen molar-refractivity contribution in [1.29, 1.82) is 0 Å². The number of nitrogens with one attached hydrogen (secondary N) is 1. The van der Waals surface area contributed by atoms with Crippen LogP contribution in [0.5, 0.6) is 0 Å². The van der Waals surface area contributed by atoms with Crippen molar-refractivity contribution in [2.24, 2.45) is 5.92 Å². The topological polar surface area (TPSA) is 49.4 Å². The third-order valence-corrected chi connectivity index (χ3v) is 4.14. The van der Waals surface area contributed by atoms with E-state index in [9.17, 15) is 9.59 Å². The molecule has 4 nitrogen and oxygen atoms in total. The number of amides is 2. The molecule has 0 spiro atoms. The van der Waals surface area contributed by atoms with E-state index in [0.29, 0.717) is 11.4 Å². The number of thiophene rings is 1. The van der Waals surface area contributed by atoms with E-state index in [1.54, 1.807) is 11.9 Å². The molecular weight excluding hydrogens is 296 g/mol. The quantitative estimate of drug-likeness (QED) is 0.916. The molecule has 0 aliphatic rings. The number of hydrogen-bond acceptors (Lipinski definition) is 3. The van der Waals surface area contributed by atoms with Crippen molar-refractivity contribution in [2.45, 2.75) is 20.4 Å². The van der Waals surface area contributed by atoms with Crippen LogP contribution in [0.4, 0.5) is 5.69 Å². The summed E-state index contributed by atoms with van der Waals surface area (Å²) in [5.41, 5.74) is 1.68. The van der Waals surface area contributed by atoms with Crippen molar-refractivity contribution in [3.05, 3.63) is 52.2 Å². The lowest BCUT2D eigenvalue weighted by atomic mass is 10.1. The van der Waals surface area contributed by atoms with Gasteiger partial charge in [0.15, 0.2) is 0 Å². The first-order valence-electron chi connectivity index (χ1n) is 7.16. The Morgan fingerprint density at radius 3 is 2.55 bits per heavy atom. The van der Waals surface area contributed by atoms with Crippen molar-refractivity contribution >= 4 is 28.8 Å². The standard InChI is InChI=1S/C17H20N2O2S/c1-12(2)16(20)18-14-8-5-4-7-13(14)11-19(3)17(21)15-9-6-10-22-15/h4-10,12H,11H2,1-3H3,(H,18,20). The molecule has 0 saturated carbocycles. The fraction of sp³-hybridized carbons (Fsp3) is 0.294. The summed E-state index contributed by atoms with van der Waals surface area (Å²) < 4.78 is 0. The minimum Gasteiger partial charge on any atom is -0.337 e. The van der Waals surface area contributed by atoms with E-state index in [0.717, 1.165) is 11.3 Å². The van der Waals surface area contributed by atoms with Crippen LogP contribution in [0.3, 0.4) is 0 Å². The molecular formula is C17H20N2O2S. The van der Waals surface area contributed by atoms with Crippen molar-refractivity contribution < 1.29 is 9.59 Å². The van der Waals surface area contributed by atoms with Gasteiger partial charge in [-0.1, -0.05) is 38.1 Å². The number of hydrogen-bond donors (Lipinski definition) is 1. The maximum absolute atomic E-state index is 12.3. The van der Waals surface area contributed by atoms with Gasteiger partial charge in [-0.15, -0.1) is 11.3 Å². The van der Waals surface area contributed by atoms with E-state index >= 15 is 0 Å². The Hall–Kier alpha value is -2.14. The van der Waals surface area contributed by atoms with Gasteiger partial charge in [0.1, 0.15) is 0 Å². The van der Waals surface area contributed by atoms with E-state index in [-0.39, 0.29) is 17.7 Å². The SMILES string of the molecule is CC(C)C(=O)Nc1ccccc1CN(C)C(=O)c1cccs1. The average molecular weight is 316 g/mol. The lowest BCUT2D eigenvalue weighted by Crippen LogP contribution is -2.26. The van der Waals surface area contributed by atoms with Gasteiger partial charge < -0.3 is 10.2 Å². The maximum atomic E-state index is 12.3. The Morgan fingerprint density at radius 1 is 1.18 bits per heavy atom. The summed E-state index contributed by atoms with van der Waals surface area (Å²) in [7, 11) is 1.77. The Kier molecular flexibility index (Phi) is 5.33. The van der Waals surface area contributed by atoms with Crippen molar-refractivity contribution in [2.75, 3.05) is 12.4 Å². The molecule has 2 amide bonds. The van der Waals surface area contributed by atoms with Gasteiger partial charge in [0, 0.05) is 25.2 Å². The summed E-state index contributed by atoms with van der Waals surface area (Å²) in [6.45, 7) is 4.15. The molecule has 22 heavy (non-hydrogen) atoms. The molecule has 2 rings (SSSR count). The maximum Gasteiger partial charge on any atom is 0.263 e. The third-order valence-electron chi connectivity index (χ3n) is 3.29. The number of para-hydroxylation sites is 1. The molecule has 1 aromatic heterocycles. The fourth-order valence-electron chi connectivity index (χ4n) is 1.97. The van der Waals surface area contributed by atoms with Crippen LogP contribution in [0.1, 0.15) is 29.1 Å². The van der Waals surface area contributed by atoms with Crippen LogP contribution in [0.15, 0.2) is 41.8 Å². The monoisotopic (exact) mass is 316 g/mol. The number of anilines is 1. The molecule has 2 aromatic rings. The van der Waals surface area contributed by atoms with Gasteiger partial charge in [0.05, 0.1) is 4.88 Å². The Bertz CT molecular complexity index is 650. The van der Waals surface area contributed by atoms with Gasteiger partial charge in [-0.3, -0.25) is 9.59 Å². The highest BCUT2D eigenvalue weighted by atomic mass is 32.1. The van der Waals surface area contributed by atoms with Gasteiger partial charge >= 0.3 is 0 Å². The zero-order valence-corrected chi connectivity index (χ0v) is 13.8. The first-order chi connectivity index (χ1) is 10.5. The first kappa shape index (κ1) is 16.2. The molecule has 5 heteroatoms. The summed E-state index contributed by atoms with van der Waals surface area (Å²) in [6.07, 6.45) is 0. The molecule has 1 heterocycles. The van der Waals surface area contributed by atoms with Crippen LogP contribution in [-0.4, -0.2) is 23.8 Å². The smallest absolute Gasteiger partial charge is 0.263 e. The van der Waals surface area contributed by atoms with Crippen LogP contribution in [0.25, 0.3) is 0 Å². The Morgan fingerprint density at radius 2 is 1.91 bits per heavy atom. The number of rotatable bonds is 5. The number of carbonyl (C=O) groups excluding carboxylic acids is 2. The van der Waals surface area contributed by atoms with E-state index < -0.39 is 0 Å². The zero-order valence-electron chi connectivity index (χ0n) is 13.0. The molecule has 0 atom stereocenters. The van der Waals surface area contributed by atoms with E-state index in [4.69, 9.17) is 0 Å². The highest BCUT2D eigenvalue weighted by molar-refractivity contribution is 7.12. The summed E-state index contributed by atoms with van der Waals surface area (Å²) in [5.74, 6) is -0.127. The summed E-state index contributed by atoms with van der Waals surface area (Å²) >= 11 is 1.43. The number of carbonyl (C=O) groups is 2. The number of nitrogens with zero attached hydrogens (tertiary/aromatic N) is 1. The summed E-state index contributed by atoms with van der Waals surface area (Å²) in [5, 5.41) is 4.80. The summed E-state index contributed by atoms with van der Waals surface area (Å²) in [4.78, 5) is 26.6. The van der Waals surface area contributed by atoms with Gasteiger partial charge in [-0.25, -0.2) is 0 Å². The van der Waals surface area contributed by atoms with Crippen LogP contribution < -0.4 is 5.32 Å². The average Bonchev–Trinajstić information content (AvgIpc) is 3.02. The Labute approximate surface area is 134 Å². The minimum absolute atomic E-state index is 0.0139. The van der Waals surface area contributed by atoms with Crippen LogP contribution in [0.2, 0.25) is 0 Å². The van der Waals surface area contributed by atoms with Crippen LogP contribution in [-0.2, 0) is 11.3 Å². The van der Waals surface area contributed by atoms with Gasteiger partial charge in [0.25, 0.3) is 5.91 Å². The lowest BCUT2D eigenvalue weighted by Gasteiger charge is -2.19. The second-order valence-corrected chi connectivity index (χ2v) is 6.39. The molecule has 0 aliphatic carbocycles. The highest BCUT2D eigenvalue weighted by Crippen LogP contribution is 2.19. The van der Waals surface area contributed by atoms with Gasteiger partial charge in [-0.05, 0) is 23.1 Å². The second-order valence-electron chi connectivity index (χ2n) is 5.44. The second kappa shape index (κ2) is 7.22. The predicted octanol–water partition coefficient (Wildman–Crippen LogP) is 3.61. The minimum atomic E-state index is -0.0847. The van der Waals surface area contributed by atoms with Crippen LogP contribution in [0, 0.1) is 5.92 Å².